The first-order valence-corrected chi connectivity index (χ1v) is 6.33. The molecule has 0 aromatic heterocycles. The molecule has 0 aliphatic carbocycles. The SMILES string of the molecule is CC(C)CCN(C)CC(C)CNC(C)C. The van der Waals surface area contributed by atoms with Gasteiger partial charge in [-0.3, -0.25) is 0 Å². The fourth-order valence-electron chi connectivity index (χ4n) is 1.60. The van der Waals surface area contributed by atoms with Gasteiger partial charge in [0.15, 0.2) is 0 Å². The Balaban J connectivity index is 3.52. The van der Waals surface area contributed by atoms with Crippen molar-refractivity contribution in [1.82, 2.24) is 10.2 Å². The van der Waals surface area contributed by atoms with E-state index in [0.717, 1.165) is 18.4 Å². The van der Waals surface area contributed by atoms with Crippen LogP contribution in [-0.4, -0.2) is 37.6 Å². The summed E-state index contributed by atoms with van der Waals surface area (Å²) in [7, 11) is 2.23. The van der Waals surface area contributed by atoms with Crippen LogP contribution in [-0.2, 0) is 0 Å². The predicted octanol–water partition coefficient (Wildman–Crippen LogP) is 2.60. The van der Waals surface area contributed by atoms with Crippen LogP contribution in [0.5, 0.6) is 0 Å². The van der Waals surface area contributed by atoms with Crippen molar-refractivity contribution in [3.8, 4) is 0 Å². The van der Waals surface area contributed by atoms with Crippen LogP contribution < -0.4 is 5.32 Å². The van der Waals surface area contributed by atoms with Gasteiger partial charge in [0, 0.05) is 12.6 Å². The lowest BCUT2D eigenvalue weighted by Gasteiger charge is -2.23. The molecule has 2 heteroatoms. The molecule has 1 atom stereocenters. The van der Waals surface area contributed by atoms with Gasteiger partial charge in [-0.05, 0) is 38.4 Å². The molecule has 0 heterocycles. The van der Waals surface area contributed by atoms with E-state index in [0.29, 0.717) is 6.04 Å². The first kappa shape index (κ1) is 14.9. The number of nitrogens with one attached hydrogen (secondary N) is 1. The van der Waals surface area contributed by atoms with Crippen molar-refractivity contribution in [2.75, 3.05) is 26.7 Å². The molecule has 0 aromatic carbocycles. The van der Waals surface area contributed by atoms with Crippen molar-refractivity contribution in [2.24, 2.45) is 11.8 Å². The lowest BCUT2D eigenvalue weighted by atomic mass is 10.1. The molecule has 0 saturated carbocycles. The molecule has 15 heavy (non-hydrogen) atoms. The summed E-state index contributed by atoms with van der Waals surface area (Å²) in [6.45, 7) is 14.9. The normalized spacial score (nSPS) is 14.2. The van der Waals surface area contributed by atoms with E-state index in [-0.39, 0.29) is 0 Å². The molecule has 0 bridgehead atoms. The first-order valence-electron chi connectivity index (χ1n) is 6.33. The molecule has 0 spiro atoms. The van der Waals surface area contributed by atoms with Crippen molar-refractivity contribution >= 4 is 0 Å². The molecule has 92 valence electrons. The highest BCUT2D eigenvalue weighted by Gasteiger charge is 2.07. The zero-order chi connectivity index (χ0) is 11.8. The summed E-state index contributed by atoms with van der Waals surface area (Å²) < 4.78 is 0. The maximum atomic E-state index is 3.49. The van der Waals surface area contributed by atoms with Crippen LogP contribution >= 0.6 is 0 Å². The third-order valence-corrected chi connectivity index (χ3v) is 2.59. The zero-order valence-corrected chi connectivity index (χ0v) is 11.5. The summed E-state index contributed by atoms with van der Waals surface area (Å²) in [6, 6.07) is 0.605. The molecule has 2 nitrogen and oxygen atoms in total. The monoisotopic (exact) mass is 214 g/mol. The van der Waals surface area contributed by atoms with Gasteiger partial charge in [0.1, 0.15) is 0 Å². The number of nitrogens with zero attached hydrogens (tertiary/aromatic N) is 1. The van der Waals surface area contributed by atoms with Gasteiger partial charge < -0.3 is 10.2 Å². The number of hydrogen-bond acceptors (Lipinski definition) is 2. The van der Waals surface area contributed by atoms with Gasteiger partial charge in [0.2, 0.25) is 0 Å². The van der Waals surface area contributed by atoms with Gasteiger partial charge in [0.25, 0.3) is 0 Å². The number of hydrogen-bond donors (Lipinski definition) is 1. The Bertz CT molecular complexity index is 127. The minimum absolute atomic E-state index is 0.605. The van der Waals surface area contributed by atoms with Crippen molar-refractivity contribution in [3.05, 3.63) is 0 Å². The molecular weight excluding hydrogens is 184 g/mol. The lowest BCUT2D eigenvalue weighted by molar-refractivity contribution is 0.264. The summed E-state index contributed by atoms with van der Waals surface area (Å²) >= 11 is 0. The van der Waals surface area contributed by atoms with Gasteiger partial charge in [-0.25, -0.2) is 0 Å². The van der Waals surface area contributed by atoms with Gasteiger partial charge in [-0.15, -0.1) is 0 Å². The predicted molar refractivity (Wildman–Crippen MR) is 69.3 cm³/mol. The summed E-state index contributed by atoms with van der Waals surface area (Å²) in [6.07, 6.45) is 1.31. The smallest absolute Gasteiger partial charge is 0.00161 e. The van der Waals surface area contributed by atoms with E-state index in [9.17, 15) is 0 Å². The fraction of sp³-hybridized carbons (Fsp3) is 1.00. The van der Waals surface area contributed by atoms with E-state index >= 15 is 0 Å². The van der Waals surface area contributed by atoms with E-state index in [1.165, 1.54) is 19.5 Å². The molecule has 1 N–H and O–H groups in total. The Morgan fingerprint density at radius 2 is 1.67 bits per heavy atom. The van der Waals surface area contributed by atoms with E-state index in [4.69, 9.17) is 0 Å². The second kappa shape index (κ2) is 8.12. The minimum Gasteiger partial charge on any atom is -0.314 e. The average molecular weight is 214 g/mol. The molecule has 0 radical (unpaired) electrons. The Labute approximate surface area is 96.4 Å². The van der Waals surface area contributed by atoms with Crippen LogP contribution in [0.4, 0.5) is 0 Å². The molecule has 1 unspecified atom stereocenters. The second-order valence-corrected chi connectivity index (χ2v) is 5.61. The Morgan fingerprint density at radius 3 is 2.13 bits per heavy atom. The highest BCUT2D eigenvalue weighted by Crippen LogP contribution is 2.03. The van der Waals surface area contributed by atoms with Gasteiger partial charge in [0.05, 0.1) is 0 Å². The third kappa shape index (κ3) is 10.2. The van der Waals surface area contributed by atoms with Crippen LogP contribution in [0.25, 0.3) is 0 Å². The first-order chi connectivity index (χ1) is 6.91. The Kier molecular flexibility index (Phi) is 8.07. The molecule has 0 amide bonds. The van der Waals surface area contributed by atoms with E-state index in [1.807, 2.05) is 0 Å². The van der Waals surface area contributed by atoms with Gasteiger partial charge in [-0.1, -0.05) is 34.6 Å². The highest BCUT2D eigenvalue weighted by atomic mass is 15.1. The fourth-order valence-corrected chi connectivity index (χ4v) is 1.60. The quantitative estimate of drug-likeness (QED) is 0.668. The third-order valence-electron chi connectivity index (χ3n) is 2.59. The van der Waals surface area contributed by atoms with Gasteiger partial charge >= 0.3 is 0 Å². The summed E-state index contributed by atoms with van der Waals surface area (Å²) in [5.41, 5.74) is 0. The Morgan fingerprint density at radius 1 is 1.07 bits per heavy atom. The van der Waals surface area contributed by atoms with Crippen LogP contribution in [0.3, 0.4) is 0 Å². The summed E-state index contributed by atoms with van der Waals surface area (Å²) in [4.78, 5) is 2.45. The molecular formula is C13H30N2. The van der Waals surface area contributed by atoms with Crippen molar-refractivity contribution < 1.29 is 0 Å². The standard InChI is InChI=1S/C13H30N2/c1-11(2)7-8-15(6)10-13(5)9-14-12(3)4/h11-14H,7-10H2,1-6H3. The van der Waals surface area contributed by atoms with Gasteiger partial charge in [-0.2, -0.15) is 0 Å². The van der Waals surface area contributed by atoms with Crippen molar-refractivity contribution in [3.63, 3.8) is 0 Å². The second-order valence-electron chi connectivity index (χ2n) is 5.61. The largest absolute Gasteiger partial charge is 0.314 e. The lowest BCUT2D eigenvalue weighted by Crippen LogP contribution is -2.34. The topological polar surface area (TPSA) is 15.3 Å². The molecule has 0 aromatic rings. The van der Waals surface area contributed by atoms with Crippen molar-refractivity contribution in [2.45, 2.75) is 47.1 Å². The van der Waals surface area contributed by atoms with Crippen LogP contribution in [0.2, 0.25) is 0 Å². The van der Waals surface area contributed by atoms with Crippen LogP contribution in [0.1, 0.15) is 41.0 Å². The van der Waals surface area contributed by atoms with E-state index in [1.54, 1.807) is 0 Å². The number of rotatable bonds is 8. The average Bonchev–Trinajstić information content (AvgIpc) is 2.11. The summed E-state index contributed by atoms with van der Waals surface area (Å²) in [5.74, 6) is 1.56. The maximum Gasteiger partial charge on any atom is 0.00161 e. The zero-order valence-electron chi connectivity index (χ0n) is 11.5. The summed E-state index contributed by atoms with van der Waals surface area (Å²) in [5, 5.41) is 3.49. The van der Waals surface area contributed by atoms with Crippen LogP contribution in [0, 0.1) is 11.8 Å². The molecule has 0 aliphatic heterocycles. The van der Waals surface area contributed by atoms with Crippen LogP contribution in [0.15, 0.2) is 0 Å². The van der Waals surface area contributed by atoms with Crippen molar-refractivity contribution in [1.29, 1.82) is 0 Å². The minimum atomic E-state index is 0.605. The molecule has 0 fully saturated rings. The maximum absolute atomic E-state index is 3.49. The molecule has 0 aliphatic rings. The highest BCUT2D eigenvalue weighted by molar-refractivity contribution is 4.64. The van der Waals surface area contributed by atoms with E-state index in [2.05, 4.69) is 51.9 Å². The van der Waals surface area contributed by atoms with E-state index < -0.39 is 0 Å². The molecule has 0 rings (SSSR count). The Hall–Kier alpha value is -0.0800. The molecule has 0 saturated heterocycles.